The lowest BCUT2D eigenvalue weighted by molar-refractivity contribution is 0.516. The van der Waals surface area contributed by atoms with Gasteiger partial charge in [0.15, 0.2) is 0 Å². The van der Waals surface area contributed by atoms with Crippen molar-refractivity contribution in [2.45, 2.75) is 78.2 Å². The van der Waals surface area contributed by atoms with Crippen LogP contribution in [0.15, 0.2) is 6.20 Å². The number of aryl methyl sites for hydroxylation is 2. The summed E-state index contributed by atoms with van der Waals surface area (Å²) in [5.41, 5.74) is 1.15. The van der Waals surface area contributed by atoms with Gasteiger partial charge >= 0.3 is 0 Å². The summed E-state index contributed by atoms with van der Waals surface area (Å²) in [4.78, 5) is 0. The van der Waals surface area contributed by atoms with E-state index in [9.17, 15) is 0 Å². The molecule has 0 bridgehead atoms. The Morgan fingerprint density at radius 1 is 0.941 bits per heavy atom. The lowest BCUT2D eigenvalue weighted by Gasteiger charge is -2.00. The van der Waals surface area contributed by atoms with E-state index < -0.39 is 0 Å². The van der Waals surface area contributed by atoms with Crippen LogP contribution in [0.5, 0.6) is 0 Å². The van der Waals surface area contributed by atoms with Gasteiger partial charge in [0.05, 0.1) is 5.69 Å². The molecule has 3 nitrogen and oxygen atoms in total. The molecule has 17 heavy (non-hydrogen) atoms. The maximum absolute atomic E-state index is 4.19. The average molecular weight is 237 g/mol. The molecule has 0 radical (unpaired) electrons. The maximum atomic E-state index is 4.19. The Hall–Kier alpha value is -0.860. The van der Waals surface area contributed by atoms with Crippen LogP contribution in [0.1, 0.15) is 70.9 Å². The molecular weight excluding hydrogens is 210 g/mol. The molecule has 1 rings (SSSR count). The molecule has 0 saturated heterocycles. The van der Waals surface area contributed by atoms with Gasteiger partial charge in [-0.2, -0.15) is 0 Å². The number of aromatic nitrogens is 3. The molecule has 0 unspecified atom stereocenters. The summed E-state index contributed by atoms with van der Waals surface area (Å²) in [7, 11) is 0. The normalized spacial score (nSPS) is 10.9. The number of nitrogens with zero attached hydrogens (tertiary/aromatic N) is 3. The SMILES string of the molecule is CCCCCCCCn1cc(CCCC)nn1. The first-order valence-corrected chi connectivity index (χ1v) is 7.25. The molecule has 0 amide bonds. The van der Waals surface area contributed by atoms with Gasteiger partial charge < -0.3 is 0 Å². The van der Waals surface area contributed by atoms with E-state index in [4.69, 9.17) is 0 Å². The highest BCUT2D eigenvalue weighted by atomic mass is 15.4. The summed E-state index contributed by atoms with van der Waals surface area (Å²) in [6, 6.07) is 0. The monoisotopic (exact) mass is 237 g/mol. The van der Waals surface area contributed by atoms with E-state index in [1.807, 2.05) is 4.68 Å². The van der Waals surface area contributed by atoms with E-state index in [1.54, 1.807) is 0 Å². The fourth-order valence-corrected chi connectivity index (χ4v) is 1.97. The van der Waals surface area contributed by atoms with Crippen LogP contribution >= 0.6 is 0 Å². The Labute approximate surface area is 106 Å². The van der Waals surface area contributed by atoms with Gasteiger partial charge in [-0.25, -0.2) is 0 Å². The quantitative estimate of drug-likeness (QED) is 0.576. The van der Waals surface area contributed by atoms with Gasteiger partial charge in [0, 0.05) is 12.7 Å². The highest BCUT2D eigenvalue weighted by Crippen LogP contribution is 2.06. The first kappa shape index (κ1) is 14.2. The Kier molecular flexibility index (Phi) is 7.69. The number of unbranched alkanes of at least 4 members (excludes halogenated alkanes) is 6. The fraction of sp³-hybridized carbons (Fsp3) is 0.857. The third-order valence-electron chi connectivity index (χ3n) is 3.11. The predicted molar refractivity (Wildman–Crippen MR) is 72.0 cm³/mol. The van der Waals surface area contributed by atoms with Crippen molar-refractivity contribution in [2.75, 3.05) is 0 Å². The molecule has 0 atom stereocenters. The van der Waals surface area contributed by atoms with E-state index in [-0.39, 0.29) is 0 Å². The van der Waals surface area contributed by atoms with Crippen molar-refractivity contribution in [3.05, 3.63) is 11.9 Å². The molecule has 0 fully saturated rings. The lowest BCUT2D eigenvalue weighted by atomic mass is 10.1. The topological polar surface area (TPSA) is 30.7 Å². The van der Waals surface area contributed by atoms with Gasteiger partial charge in [0.25, 0.3) is 0 Å². The zero-order valence-electron chi connectivity index (χ0n) is 11.5. The second-order valence-electron chi connectivity index (χ2n) is 4.84. The van der Waals surface area contributed by atoms with Crippen LogP contribution in [0.2, 0.25) is 0 Å². The standard InChI is InChI=1S/C14H27N3/c1-3-5-7-8-9-10-12-17-13-14(15-16-17)11-6-4-2/h13H,3-12H2,1-2H3. The third kappa shape index (κ3) is 6.44. The number of rotatable bonds is 10. The molecule has 0 N–H and O–H groups in total. The van der Waals surface area contributed by atoms with Crippen molar-refractivity contribution in [3.8, 4) is 0 Å². The smallest absolute Gasteiger partial charge is 0.0827 e. The second-order valence-corrected chi connectivity index (χ2v) is 4.84. The Morgan fingerprint density at radius 3 is 2.41 bits per heavy atom. The number of hydrogen-bond donors (Lipinski definition) is 0. The van der Waals surface area contributed by atoms with Crippen molar-refractivity contribution < 1.29 is 0 Å². The molecule has 1 heterocycles. The molecule has 0 aliphatic carbocycles. The van der Waals surface area contributed by atoms with Crippen LogP contribution in [-0.4, -0.2) is 15.0 Å². The largest absolute Gasteiger partial charge is 0.252 e. The molecular formula is C14H27N3. The minimum atomic E-state index is 1.03. The zero-order chi connectivity index (χ0) is 12.3. The highest BCUT2D eigenvalue weighted by Gasteiger charge is 1.99. The van der Waals surface area contributed by atoms with Crippen LogP contribution in [0.3, 0.4) is 0 Å². The summed E-state index contributed by atoms with van der Waals surface area (Å²) in [5.74, 6) is 0. The first-order valence-electron chi connectivity index (χ1n) is 7.25. The third-order valence-corrected chi connectivity index (χ3v) is 3.11. The summed E-state index contributed by atoms with van der Waals surface area (Å²) >= 11 is 0. The molecule has 0 saturated carbocycles. The van der Waals surface area contributed by atoms with E-state index in [2.05, 4.69) is 30.4 Å². The zero-order valence-corrected chi connectivity index (χ0v) is 11.5. The molecule has 0 aromatic carbocycles. The molecule has 0 spiro atoms. The molecule has 1 aromatic rings. The van der Waals surface area contributed by atoms with Gasteiger partial charge in [-0.1, -0.05) is 57.6 Å². The summed E-state index contributed by atoms with van der Waals surface area (Å²) in [6.45, 7) is 5.50. The van der Waals surface area contributed by atoms with Gasteiger partial charge in [-0.05, 0) is 19.3 Å². The van der Waals surface area contributed by atoms with Crippen LogP contribution in [0, 0.1) is 0 Å². The van der Waals surface area contributed by atoms with Gasteiger partial charge in [0.2, 0.25) is 0 Å². The van der Waals surface area contributed by atoms with E-state index in [0.29, 0.717) is 0 Å². The second kappa shape index (κ2) is 9.20. The summed E-state index contributed by atoms with van der Waals surface area (Å²) in [5, 5.41) is 8.36. The maximum Gasteiger partial charge on any atom is 0.0827 e. The van der Waals surface area contributed by atoms with E-state index >= 15 is 0 Å². The molecule has 0 aliphatic rings. The molecule has 1 aromatic heterocycles. The van der Waals surface area contributed by atoms with Crippen LogP contribution in [-0.2, 0) is 13.0 Å². The highest BCUT2D eigenvalue weighted by molar-refractivity contribution is 4.91. The fourth-order valence-electron chi connectivity index (χ4n) is 1.97. The minimum absolute atomic E-state index is 1.03. The Morgan fingerprint density at radius 2 is 1.65 bits per heavy atom. The van der Waals surface area contributed by atoms with E-state index in [1.165, 1.54) is 51.4 Å². The minimum Gasteiger partial charge on any atom is -0.252 e. The van der Waals surface area contributed by atoms with Crippen LogP contribution in [0.25, 0.3) is 0 Å². The predicted octanol–water partition coefficient (Wildman–Crippen LogP) is 3.98. The van der Waals surface area contributed by atoms with Crippen molar-refractivity contribution in [3.63, 3.8) is 0 Å². The van der Waals surface area contributed by atoms with Gasteiger partial charge in [-0.3, -0.25) is 4.68 Å². The van der Waals surface area contributed by atoms with Crippen molar-refractivity contribution in [1.29, 1.82) is 0 Å². The lowest BCUT2D eigenvalue weighted by Crippen LogP contribution is -1.98. The summed E-state index contributed by atoms with van der Waals surface area (Å²) in [6.07, 6.45) is 13.6. The van der Waals surface area contributed by atoms with Gasteiger partial charge in [-0.15, -0.1) is 5.10 Å². The van der Waals surface area contributed by atoms with Crippen molar-refractivity contribution in [1.82, 2.24) is 15.0 Å². The van der Waals surface area contributed by atoms with Gasteiger partial charge in [0.1, 0.15) is 0 Å². The molecule has 0 aliphatic heterocycles. The Bertz CT molecular complexity index is 281. The average Bonchev–Trinajstić information content (AvgIpc) is 2.79. The van der Waals surface area contributed by atoms with Crippen LogP contribution in [0.4, 0.5) is 0 Å². The van der Waals surface area contributed by atoms with Crippen molar-refractivity contribution in [2.24, 2.45) is 0 Å². The van der Waals surface area contributed by atoms with E-state index in [0.717, 1.165) is 18.7 Å². The Balaban J connectivity index is 2.08. The first-order chi connectivity index (χ1) is 8.36. The van der Waals surface area contributed by atoms with Crippen LogP contribution < -0.4 is 0 Å². The molecule has 98 valence electrons. The molecule has 3 heteroatoms. The van der Waals surface area contributed by atoms with Crippen molar-refractivity contribution >= 4 is 0 Å². The summed E-state index contributed by atoms with van der Waals surface area (Å²) < 4.78 is 2.00. The number of hydrogen-bond acceptors (Lipinski definition) is 2.